The molecule has 0 radical (unpaired) electrons. The fourth-order valence-corrected chi connectivity index (χ4v) is 2.52. The summed E-state index contributed by atoms with van der Waals surface area (Å²) < 4.78 is 5.58. The first-order valence-corrected chi connectivity index (χ1v) is 7.61. The maximum atomic E-state index is 11.8. The van der Waals surface area contributed by atoms with Crippen molar-refractivity contribution in [3.8, 4) is 5.75 Å². The van der Waals surface area contributed by atoms with Crippen LogP contribution in [0.25, 0.3) is 0 Å². The SMILES string of the molecule is NCCCC(Oc1ccc(C2CCC(=O)NC2=O)cc1)C(N)=O. The molecular weight excluding hydrogens is 298 g/mol. The molecule has 3 amide bonds. The van der Waals surface area contributed by atoms with Crippen molar-refractivity contribution in [2.75, 3.05) is 6.54 Å². The monoisotopic (exact) mass is 319 g/mol. The second-order valence-electron chi connectivity index (χ2n) is 5.51. The normalized spacial score (nSPS) is 19.1. The fraction of sp³-hybridized carbons (Fsp3) is 0.438. The van der Waals surface area contributed by atoms with Crippen LogP contribution in [0.2, 0.25) is 0 Å². The van der Waals surface area contributed by atoms with Crippen LogP contribution < -0.4 is 21.5 Å². The van der Waals surface area contributed by atoms with Gasteiger partial charge in [0.25, 0.3) is 5.91 Å². The number of benzene rings is 1. The second kappa shape index (κ2) is 7.73. The van der Waals surface area contributed by atoms with Gasteiger partial charge in [0.1, 0.15) is 5.75 Å². The van der Waals surface area contributed by atoms with Crippen molar-refractivity contribution in [2.45, 2.75) is 37.7 Å². The molecule has 2 atom stereocenters. The summed E-state index contributed by atoms with van der Waals surface area (Å²) in [6.45, 7) is 0.460. The summed E-state index contributed by atoms with van der Waals surface area (Å²) in [4.78, 5) is 34.4. The lowest BCUT2D eigenvalue weighted by molar-refractivity contribution is -0.134. The van der Waals surface area contributed by atoms with E-state index in [2.05, 4.69) is 5.32 Å². The lowest BCUT2D eigenvalue weighted by Gasteiger charge is -2.21. The summed E-state index contributed by atoms with van der Waals surface area (Å²) in [5, 5.41) is 2.33. The number of piperidine rings is 1. The van der Waals surface area contributed by atoms with E-state index in [9.17, 15) is 14.4 Å². The zero-order valence-corrected chi connectivity index (χ0v) is 12.8. The van der Waals surface area contributed by atoms with Crippen LogP contribution in [-0.2, 0) is 14.4 Å². The molecule has 23 heavy (non-hydrogen) atoms. The molecule has 0 aromatic heterocycles. The topological polar surface area (TPSA) is 125 Å². The Kier molecular flexibility index (Phi) is 5.70. The molecule has 0 bridgehead atoms. The molecule has 1 heterocycles. The van der Waals surface area contributed by atoms with E-state index in [0.29, 0.717) is 38.0 Å². The third-order valence-corrected chi connectivity index (χ3v) is 3.79. The minimum Gasteiger partial charge on any atom is -0.481 e. The Morgan fingerprint density at radius 3 is 2.57 bits per heavy atom. The van der Waals surface area contributed by atoms with E-state index < -0.39 is 12.0 Å². The first kappa shape index (κ1) is 17.0. The van der Waals surface area contributed by atoms with Crippen LogP contribution in [0.15, 0.2) is 24.3 Å². The number of nitrogens with two attached hydrogens (primary N) is 2. The van der Waals surface area contributed by atoms with E-state index in [1.54, 1.807) is 24.3 Å². The van der Waals surface area contributed by atoms with Crippen molar-refractivity contribution in [1.29, 1.82) is 0 Å². The minimum atomic E-state index is -0.722. The number of primary amides is 1. The van der Waals surface area contributed by atoms with Gasteiger partial charge in [0.2, 0.25) is 11.8 Å². The summed E-state index contributed by atoms with van der Waals surface area (Å²) >= 11 is 0. The van der Waals surface area contributed by atoms with Crippen molar-refractivity contribution in [1.82, 2.24) is 5.32 Å². The predicted octanol–water partition coefficient (Wildman–Crippen LogP) is 0.178. The van der Waals surface area contributed by atoms with Crippen LogP contribution in [0.3, 0.4) is 0 Å². The highest BCUT2D eigenvalue weighted by molar-refractivity contribution is 6.00. The first-order valence-electron chi connectivity index (χ1n) is 7.61. The third kappa shape index (κ3) is 4.53. The molecule has 1 aliphatic heterocycles. The van der Waals surface area contributed by atoms with Gasteiger partial charge in [-0.2, -0.15) is 0 Å². The van der Waals surface area contributed by atoms with Gasteiger partial charge in [-0.25, -0.2) is 0 Å². The van der Waals surface area contributed by atoms with Gasteiger partial charge in [0.05, 0.1) is 5.92 Å². The number of carbonyl (C=O) groups is 3. The molecule has 0 saturated carbocycles. The van der Waals surface area contributed by atoms with Gasteiger partial charge in [-0.3, -0.25) is 19.7 Å². The van der Waals surface area contributed by atoms with Gasteiger partial charge in [-0.15, -0.1) is 0 Å². The van der Waals surface area contributed by atoms with E-state index in [1.165, 1.54) is 0 Å². The number of hydrogen-bond donors (Lipinski definition) is 3. The first-order chi connectivity index (χ1) is 11.0. The van der Waals surface area contributed by atoms with E-state index in [0.717, 1.165) is 5.56 Å². The molecule has 0 aliphatic carbocycles. The summed E-state index contributed by atoms with van der Waals surface area (Å²) in [6.07, 6.45) is 1.20. The zero-order chi connectivity index (χ0) is 16.8. The molecule has 1 fully saturated rings. The van der Waals surface area contributed by atoms with E-state index >= 15 is 0 Å². The van der Waals surface area contributed by atoms with E-state index in [1.807, 2.05) is 0 Å². The van der Waals surface area contributed by atoms with Crippen LogP contribution in [-0.4, -0.2) is 30.4 Å². The van der Waals surface area contributed by atoms with Crippen LogP contribution in [0.5, 0.6) is 5.75 Å². The molecule has 1 aromatic carbocycles. The van der Waals surface area contributed by atoms with Gasteiger partial charge >= 0.3 is 0 Å². The largest absolute Gasteiger partial charge is 0.481 e. The van der Waals surface area contributed by atoms with Crippen LogP contribution in [0, 0.1) is 0 Å². The lowest BCUT2D eigenvalue weighted by atomic mass is 9.90. The van der Waals surface area contributed by atoms with Crippen molar-refractivity contribution in [2.24, 2.45) is 11.5 Å². The number of amides is 3. The molecule has 7 heteroatoms. The Balaban J connectivity index is 2.02. The standard InChI is InChI=1S/C16H21N3O4/c17-9-1-2-13(15(18)21)23-11-5-3-10(4-6-11)12-7-8-14(20)19-16(12)22/h3-6,12-13H,1-2,7-9,17H2,(H2,18,21)(H,19,20,22). The summed E-state index contributed by atoms with van der Waals surface area (Å²) in [7, 11) is 0. The predicted molar refractivity (Wildman–Crippen MR) is 83.5 cm³/mol. The average molecular weight is 319 g/mol. The van der Waals surface area contributed by atoms with Crippen LogP contribution >= 0.6 is 0 Å². The molecule has 1 aliphatic rings. The highest BCUT2D eigenvalue weighted by Crippen LogP contribution is 2.26. The molecule has 1 saturated heterocycles. The minimum absolute atomic E-state index is 0.240. The number of hydrogen-bond acceptors (Lipinski definition) is 5. The number of carbonyl (C=O) groups excluding carboxylic acids is 3. The quantitative estimate of drug-likeness (QED) is 0.618. The Labute approximate surface area is 134 Å². The molecular formula is C16H21N3O4. The van der Waals surface area contributed by atoms with E-state index in [-0.39, 0.29) is 17.7 Å². The molecule has 1 aromatic rings. The van der Waals surface area contributed by atoms with Crippen molar-refractivity contribution >= 4 is 17.7 Å². The highest BCUT2D eigenvalue weighted by atomic mass is 16.5. The molecule has 5 N–H and O–H groups in total. The molecule has 2 unspecified atom stereocenters. The van der Waals surface area contributed by atoms with Crippen molar-refractivity contribution < 1.29 is 19.1 Å². The van der Waals surface area contributed by atoms with Gasteiger partial charge < -0.3 is 16.2 Å². The van der Waals surface area contributed by atoms with Gasteiger partial charge in [-0.05, 0) is 43.5 Å². The lowest BCUT2D eigenvalue weighted by Crippen LogP contribution is -2.39. The third-order valence-electron chi connectivity index (χ3n) is 3.79. The number of nitrogens with one attached hydrogen (secondary N) is 1. The van der Waals surface area contributed by atoms with Gasteiger partial charge in [0, 0.05) is 6.42 Å². The highest BCUT2D eigenvalue weighted by Gasteiger charge is 2.27. The Hall–Kier alpha value is -2.41. The number of ether oxygens (including phenoxy) is 1. The molecule has 7 nitrogen and oxygen atoms in total. The van der Waals surface area contributed by atoms with Gasteiger partial charge in [-0.1, -0.05) is 12.1 Å². The smallest absolute Gasteiger partial charge is 0.258 e. The van der Waals surface area contributed by atoms with E-state index in [4.69, 9.17) is 16.2 Å². The Morgan fingerprint density at radius 1 is 1.30 bits per heavy atom. The fourth-order valence-electron chi connectivity index (χ4n) is 2.52. The number of imide groups is 1. The average Bonchev–Trinajstić information content (AvgIpc) is 2.52. The van der Waals surface area contributed by atoms with Crippen molar-refractivity contribution in [3.05, 3.63) is 29.8 Å². The van der Waals surface area contributed by atoms with Crippen LogP contribution in [0.4, 0.5) is 0 Å². The second-order valence-corrected chi connectivity index (χ2v) is 5.51. The Morgan fingerprint density at radius 2 is 2.00 bits per heavy atom. The number of rotatable bonds is 7. The maximum absolute atomic E-state index is 11.8. The summed E-state index contributed by atoms with van der Waals surface area (Å²) in [5.74, 6) is -0.899. The molecule has 2 rings (SSSR count). The van der Waals surface area contributed by atoms with Crippen LogP contribution in [0.1, 0.15) is 37.2 Å². The molecule has 124 valence electrons. The maximum Gasteiger partial charge on any atom is 0.258 e. The molecule has 0 spiro atoms. The Bertz CT molecular complexity index is 585. The summed E-state index contributed by atoms with van der Waals surface area (Å²) in [5.41, 5.74) is 11.5. The summed E-state index contributed by atoms with van der Waals surface area (Å²) in [6, 6.07) is 6.90. The van der Waals surface area contributed by atoms with Gasteiger partial charge in [0.15, 0.2) is 6.10 Å². The zero-order valence-electron chi connectivity index (χ0n) is 12.8. The van der Waals surface area contributed by atoms with Crippen molar-refractivity contribution in [3.63, 3.8) is 0 Å².